The molecule has 6 heteroatoms. The van der Waals surface area contributed by atoms with Gasteiger partial charge in [-0.05, 0) is 24.4 Å². The van der Waals surface area contributed by atoms with Gasteiger partial charge in [0.1, 0.15) is 12.4 Å². The molecule has 0 aliphatic rings. The number of para-hydroxylation sites is 1. The summed E-state index contributed by atoms with van der Waals surface area (Å²) in [5.41, 5.74) is 8.45. The third-order valence-corrected chi connectivity index (χ3v) is 1.74. The summed E-state index contributed by atoms with van der Waals surface area (Å²) in [7, 11) is 0. The molecule has 0 heterocycles. The van der Waals surface area contributed by atoms with E-state index in [0.717, 1.165) is 5.56 Å². The number of hydrogen-bond acceptors (Lipinski definition) is 4. The Bertz CT molecular complexity index is 382. The third kappa shape index (κ3) is 4.24. The first-order chi connectivity index (χ1) is 7.74. The highest BCUT2D eigenvalue weighted by Crippen LogP contribution is 2.15. The summed E-state index contributed by atoms with van der Waals surface area (Å²) in [4.78, 5) is 0. The summed E-state index contributed by atoms with van der Waals surface area (Å²) in [6, 6.07) is 7.31. The molecule has 0 amide bonds. The van der Waals surface area contributed by atoms with Crippen LogP contribution in [0.25, 0.3) is 0 Å². The number of aliphatic hydroxyl groups is 1. The molecule has 16 heavy (non-hydrogen) atoms. The lowest BCUT2D eigenvalue weighted by Gasteiger charge is -2.06. The van der Waals surface area contributed by atoms with Gasteiger partial charge in [0.2, 0.25) is 0 Å². The topological polar surface area (TPSA) is 79.9 Å². The van der Waals surface area contributed by atoms with Crippen molar-refractivity contribution in [2.75, 3.05) is 13.2 Å². The van der Waals surface area contributed by atoms with Crippen molar-refractivity contribution < 1.29 is 9.84 Å². The van der Waals surface area contributed by atoms with Crippen LogP contribution in [0.15, 0.2) is 29.4 Å². The summed E-state index contributed by atoms with van der Waals surface area (Å²) >= 11 is 4.60. The van der Waals surface area contributed by atoms with Crippen LogP contribution in [0.2, 0.25) is 0 Å². The molecule has 0 saturated heterocycles. The van der Waals surface area contributed by atoms with E-state index in [4.69, 9.17) is 15.6 Å². The fourth-order valence-corrected chi connectivity index (χ4v) is 1.09. The minimum absolute atomic E-state index is 0.0311. The second kappa shape index (κ2) is 6.76. The molecule has 0 aliphatic carbocycles. The van der Waals surface area contributed by atoms with Crippen LogP contribution in [0.5, 0.6) is 5.75 Å². The van der Waals surface area contributed by atoms with Crippen LogP contribution >= 0.6 is 12.2 Å². The van der Waals surface area contributed by atoms with Crippen molar-refractivity contribution in [2.24, 2.45) is 10.8 Å². The van der Waals surface area contributed by atoms with Gasteiger partial charge in [0.05, 0.1) is 12.8 Å². The number of hydrogen-bond donors (Lipinski definition) is 3. The summed E-state index contributed by atoms with van der Waals surface area (Å²) in [5, 5.41) is 12.6. The van der Waals surface area contributed by atoms with Crippen molar-refractivity contribution >= 4 is 23.5 Å². The first kappa shape index (κ1) is 12.4. The first-order valence-electron chi connectivity index (χ1n) is 4.65. The molecule has 86 valence electrons. The number of nitrogens with two attached hydrogens (primary N) is 1. The van der Waals surface area contributed by atoms with E-state index in [1.807, 2.05) is 18.2 Å². The molecule has 5 nitrogen and oxygen atoms in total. The highest BCUT2D eigenvalue weighted by atomic mass is 32.1. The van der Waals surface area contributed by atoms with Gasteiger partial charge in [0.25, 0.3) is 0 Å². The SMILES string of the molecule is NC(=S)NN=Cc1ccccc1OCCO. The maximum atomic E-state index is 8.66. The van der Waals surface area contributed by atoms with Gasteiger partial charge in [-0.2, -0.15) is 5.10 Å². The Labute approximate surface area is 98.9 Å². The van der Waals surface area contributed by atoms with Crippen molar-refractivity contribution in [2.45, 2.75) is 0 Å². The van der Waals surface area contributed by atoms with E-state index in [1.165, 1.54) is 0 Å². The molecule has 0 bridgehead atoms. The van der Waals surface area contributed by atoms with E-state index in [2.05, 4.69) is 22.7 Å². The van der Waals surface area contributed by atoms with Gasteiger partial charge in [-0.3, -0.25) is 5.43 Å². The predicted molar refractivity (Wildman–Crippen MR) is 66.5 cm³/mol. The number of rotatable bonds is 5. The summed E-state index contributed by atoms with van der Waals surface area (Å²) in [6.07, 6.45) is 1.55. The molecule has 0 radical (unpaired) electrons. The van der Waals surface area contributed by atoms with Crippen LogP contribution in [0.3, 0.4) is 0 Å². The molecule has 0 saturated carbocycles. The third-order valence-electron chi connectivity index (χ3n) is 1.65. The van der Waals surface area contributed by atoms with Gasteiger partial charge in [-0.25, -0.2) is 0 Å². The number of nitrogens with one attached hydrogen (secondary N) is 1. The normalized spacial score (nSPS) is 10.3. The zero-order valence-corrected chi connectivity index (χ0v) is 9.41. The molecule has 0 aromatic heterocycles. The molecule has 0 atom stereocenters. The fraction of sp³-hybridized carbons (Fsp3) is 0.200. The van der Waals surface area contributed by atoms with Crippen LogP contribution < -0.4 is 15.9 Å². The Kier molecular flexibility index (Phi) is 5.24. The molecule has 4 N–H and O–H groups in total. The minimum atomic E-state index is -0.0311. The monoisotopic (exact) mass is 239 g/mol. The zero-order valence-electron chi connectivity index (χ0n) is 8.59. The Morgan fingerprint density at radius 1 is 1.56 bits per heavy atom. The van der Waals surface area contributed by atoms with Gasteiger partial charge in [0, 0.05) is 5.56 Å². The van der Waals surface area contributed by atoms with Crippen molar-refractivity contribution in [1.82, 2.24) is 5.43 Å². The molecule has 0 spiro atoms. The molecule has 1 rings (SSSR count). The molecular weight excluding hydrogens is 226 g/mol. The van der Waals surface area contributed by atoms with Gasteiger partial charge in [-0.15, -0.1) is 0 Å². The van der Waals surface area contributed by atoms with Gasteiger partial charge >= 0.3 is 0 Å². The van der Waals surface area contributed by atoms with Gasteiger partial charge < -0.3 is 15.6 Å². The number of benzene rings is 1. The highest BCUT2D eigenvalue weighted by Gasteiger charge is 1.99. The largest absolute Gasteiger partial charge is 0.491 e. The van der Waals surface area contributed by atoms with Crippen LogP contribution in [-0.4, -0.2) is 29.6 Å². The molecule has 1 aromatic rings. The summed E-state index contributed by atoms with van der Waals surface area (Å²) < 4.78 is 5.31. The molecule has 0 fully saturated rings. The van der Waals surface area contributed by atoms with E-state index in [9.17, 15) is 0 Å². The Hall–Kier alpha value is -1.66. The van der Waals surface area contributed by atoms with Crippen molar-refractivity contribution in [3.63, 3.8) is 0 Å². The van der Waals surface area contributed by atoms with E-state index in [1.54, 1.807) is 12.3 Å². The van der Waals surface area contributed by atoms with Crippen LogP contribution in [0.4, 0.5) is 0 Å². The van der Waals surface area contributed by atoms with Crippen LogP contribution in [0, 0.1) is 0 Å². The molecule has 0 unspecified atom stereocenters. The van der Waals surface area contributed by atoms with Crippen molar-refractivity contribution in [3.8, 4) is 5.75 Å². The maximum Gasteiger partial charge on any atom is 0.184 e. The second-order valence-electron chi connectivity index (χ2n) is 2.84. The lowest BCUT2D eigenvalue weighted by atomic mass is 10.2. The number of aliphatic hydroxyl groups excluding tert-OH is 1. The highest BCUT2D eigenvalue weighted by molar-refractivity contribution is 7.80. The number of thiocarbonyl (C=S) groups is 1. The minimum Gasteiger partial charge on any atom is -0.491 e. The molecule has 1 aromatic carbocycles. The quantitative estimate of drug-likeness (QED) is 0.389. The van der Waals surface area contributed by atoms with Crippen LogP contribution in [0.1, 0.15) is 5.56 Å². The van der Waals surface area contributed by atoms with Crippen molar-refractivity contribution in [1.29, 1.82) is 0 Å². The lowest BCUT2D eigenvalue weighted by Crippen LogP contribution is -2.24. The zero-order chi connectivity index (χ0) is 11.8. The lowest BCUT2D eigenvalue weighted by molar-refractivity contribution is 0.201. The molecular formula is C10H13N3O2S. The van der Waals surface area contributed by atoms with E-state index < -0.39 is 0 Å². The van der Waals surface area contributed by atoms with E-state index >= 15 is 0 Å². The van der Waals surface area contributed by atoms with E-state index in [-0.39, 0.29) is 18.3 Å². The number of hydrazone groups is 1. The predicted octanol–water partition coefficient (Wildman–Crippen LogP) is 0.225. The van der Waals surface area contributed by atoms with E-state index in [0.29, 0.717) is 5.75 Å². The Morgan fingerprint density at radius 2 is 2.31 bits per heavy atom. The van der Waals surface area contributed by atoms with Crippen LogP contribution in [-0.2, 0) is 0 Å². The molecule has 0 aliphatic heterocycles. The summed E-state index contributed by atoms with van der Waals surface area (Å²) in [5.74, 6) is 0.644. The summed E-state index contributed by atoms with van der Waals surface area (Å²) in [6.45, 7) is 0.212. The standard InChI is InChI=1S/C10H13N3O2S/c11-10(16)13-12-7-8-3-1-2-4-9(8)15-6-5-14/h1-4,7,14H,5-6H2,(H3,11,13,16). The van der Waals surface area contributed by atoms with Gasteiger partial charge in [0.15, 0.2) is 5.11 Å². The van der Waals surface area contributed by atoms with Gasteiger partial charge in [-0.1, -0.05) is 12.1 Å². The first-order valence-corrected chi connectivity index (χ1v) is 5.06. The number of ether oxygens (including phenoxy) is 1. The Balaban J connectivity index is 2.70. The second-order valence-corrected chi connectivity index (χ2v) is 3.28. The fourth-order valence-electron chi connectivity index (χ4n) is 1.04. The average Bonchev–Trinajstić information content (AvgIpc) is 2.27. The Morgan fingerprint density at radius 3 is 3.00 bits per heavy atom. The van der Waals surface area contributed by atoms with Crippen molar-refractivity contribution in [3.05, 3.63) is 29.8 Å². The average molecular weight is 239 g/mol. The maximum absolute atomic E-state index is 8.66. The smallest absolute Gasteiger partial charge is 0.184 e. The number of nitrogens with zero attached hydrogens (tertiary/aromatic N) is 1.